The fourth-order valence-electron chi connectivity index (χ4n) is 2.15. The smallest absolute Gasteiger partial charge is 0.267 e. The Bertz CT molecular complexity index is 450. The molecule has 1 aliphatic carbocycles. The molecule has 1 heterocycles. The number of rotatable bonds is 1. The Kier molecular flexibility index (Phi) is 2.07. The Labute approximate surface area is 94.3 Å². The Morgan fingerprint density at radius 2 is 2.06 bits per heavy atom. The van der Waals surface area contributed by atoms with E-state index in [0.29, 0.717) is 5.56 Å². The molecule has 2 bridgehead atoms. The van der Waals surface area contributed by atoms with Crippen LogP contribution in [0.4, 0.5) is 0 Å². The molecule has 1 aromatic carbocycles. The first-order chi connectivity index (χ1) is 7.74. The molecule has 0 N–H and O–H groups in total. The van der Waals surface area contributed by atoms with Crippen LogP contribution in [0.15, 0.2) is 36.4 Å². The Morgan fingerprint density at radius 3 is 2.62 bits per heavy atom. The van der Waals surface area contributed by atoms with Crippen molar-refractivity contribution in [2.75, 3.05) is 0 Å². The number of hydrogen-bond acceptors (Lipinski definition) is 2. The summed E-state index contributed by atoms with van der Waals surface area (Å²) in [6.45, 7) is 2.01. The number of amides is 1. The van der Waals surface area contributed by atoms with Crippen molar-refractivity contribution in [1.29, 1.82) is 0 Å². The molecular weight excluding hydrogens is 202 g/mol. The first kappa shape index (κ1) is 9.60. The van der Waals surface area contributed by atoms with Crippen LogP contribution in [0.2, 0.25) is 0 Å². The quantitative estimate of drug-likeness (QED) is 0.671. The zero-order valence-corrected chi connectivity index (χ0v) is 9.09. The van der Waals surface area contributed by atoms with Crippen molar-refractivity contribution in [3.8, 4) is 0 Å². The molecule has 2 atom stereocenters. The van der Waals surface area contributed by atoms with Crippen molar-refractivity contribution < 1.29 is 9.63 Å². The first-order valence-corrected chi connectivity index (χ1v) is 5.49. The van der Waals surface area contributed by atoms with Crippen molar-refractivity contribution in [2.24, 2.45) is 0 Å². The second-order valence-electron chi connectivity index (χ2n) is 4.33. The summed E-state index contributed by atoms with van der Waals surface area (Å²) in [6.07, 6.45) is 5.06. The summed E-state index contributed by atoms with van der Waals surface area (Å²) in [5.74, 6) is -0.0446. The molecule has 2 aliphatic rings. The highest BCUT2D eigenvalue weighted by molar-refractivity contribution is 5.94. The molecule has 0 spiro atoms. The Balaban J connectivity index is 1.83. The van der Waals surface area contributed by atoms with Crippen LogP contribution in [0.3, 0.4) is 0 Å². The van der Waals surface area contributed by atoms with E-state index in [-0.39, 0.29) is 18.1 Å². The zero-order valence-electron chi connectivity index (χ0n) is 9.09. The second-order valence-corrected chi connectivity index (χ2v) is 4.33. The minimum atomic E-state index is -0.0446. The van der Waals surface area contributed by atoms with Gasteiger partial charge in [0.1, 0.15) is 6.10 Å². The van der Waals surface area contributed by atoms with Gasteiger partial charge in [0.2, 0.25) is 0 Å². The third-order valence-electron chi connectivity index (χ3n) is 3.07. The maximum atomic E-state index is 12.1. The van der Waals surface area contributed by atoms with Gasteiger partial charge in [-0.3, -0.25) is 9.63 Å². The average molecular weight is 215 g/mol. The first-order valence-electron chi connectivity index (χ1n) is 5.49. The van der Waals surface area contributed by atoms with Crippen LogP contribution in [0, 0.1) is 6.92 Å². The number of hydroxylamine groups is 2. The summed E-state index contributed by atoms with van der Waals surface area (Å²) < 4.78 is 0. The molecule has 2 unspecified atom stereocenters. The van der Waals surface area contributed by atoms with Crippen LogP contribution in [-0.2, 0) is 4.84 Å². The van der Waals surface area contributed by atoms with Crippen molar-refractivity contribution >= 4 is 5.91 Å². The van der Waals surface area contributed by atoms with Crippen LogP contribution in [0.25, 0.3) is 0 Å². The molecule has 3 rings (SSSR count). The molecule has 82 valence electrons. The molecular formula is C13H13NO2. The summed E-state index contributed by atoms with van der Waals surface area (Å²) in [6, 6.07) is 7.70. The van der Waals surface area contributed by atoms with Gasteiger partial charge in [0.25, 0.3) is 5.91 Å². The molecule has 0 aromatic heterocycles. The van der Waals surface area contributed by atoms with Crippen LogP contribution in [-0.4, -0.2) is 23.1 Å². The predicted molar refractivity (Wildman–Crippen MR) is 59.8 cm³/mol. The highest BCUT2D eigenvalue weighted by Gasteiger charge is 2.38. The van der Waals surface area contributed by atoms with E-state index >= 15 is 0 Å². The van der Waals surface area contributed by atoms with Crippen LogP contribution in [0.5, 0.6) is 0 Å². The van der Waals surface area contributed by atoms with E-state index in [1.54, 1.807) is 0 Å². The molecule has 1 fully saturated rings. The fraction of sp³-hybridized carbons (Fsp3) is 0.308. The number of benzene rings is 1. The lowest BCUT2D eigenvalue weighted by Gasteiger charge is -2.22. The van der Waals surface area contributed by atoms with Crippen LogP contribution < -0.4 is 0 Å². The third-order valence-corrected chi connectivity index (χ3v) is 3.07. The fourth-order valence-corrected chi connectivity index (χ4v) is 2.15. The SMILES string of the molecule is Cc1ccc(C(=O)N2OC3C=CC2C3)cc1. The summed E-state index contributed by atoms with van der Waals surface area (Å²) in [7, 11) is 0. The Hall–Kier alpha value is -1.61. The summed E-state index contributed by atoms with van der Waals surface area (Å²) >= 11 is 0. The van der Waals surface area contributed by atoms with Gasteiger partial charge in [-0.25, -0.2) is 5.06 Å². The molecule has 1 aliphatic heterocycles. The predicted octanol–water partition coefficient (Wildman–Crippen LogP) is 2.08. The molecule has 1 aromatic rings. The molecule has 16 heavy (non-hydrogen) atoms. The van der Waals surface area contributed by atoms with Gasteiger partial charge in [-0.15, -0.1) is 0 Å². The number of aryl methyl sites for hydroxylation is 1. The van der Waals surface area contributed by atoms with Gasteiger partial charge in [-0.2, -0.15) is 0 Å². The van der Waals surface area contributed by atoms with E-state index in [4.69, 9.17) is 4.84 Å². The van der Waals surface area contributed by atoms with Gasteiger partial charge in [-0.1, -0.05) is 29.8 Å². The lowest BCUT2D eigenvalue weighted by molar-refractivity contribution is -0.114. The minimum absolute atomic E-state index is 0.0446. The van der Waals surface area contributed by atoms with Gasteiger partial charge in [0, 0.05) is 12.0 Å². The molecule has 0 saturated carbocycles. The molecule has 3 heteroatoms. The number of hydrogen-bond donors (Lipinski definition) is 0. The maximum absolute atomic E-state index is 12.1. The summed E-state index contributed by atoms with van der Waals surface area (Å²) in [5, 5.41) is 1.50. The van der Waals surface area contributed by atoms with Gasteiger partial charge in [0.15, 0.2) is 0 Å². The summed E-state index contributed by atoms with van der Waals surface area (Å²) in [5.41, 5.74) is 1.84. The second kappa shape index (κ2) is 3.46. The lowest BCUT2D eigenvalue weighted by Crippen LogP contribution is -2.34. The van der Waals surface area contributed by atoms with E-state index < -0.39 is 0 Å². The monoisotopic (exact) mass is 215 g/mol. The van der Waals surface area contributed by atoms with Crippen molar-refractivity contribution in [3.63, 3.8) is 0 Å². The standard InChI is InChI=1S/C13H13NO2/c1-9-2-4-10(5-3-9)13(15)14-11-6-7-12(8-11)16-14/h2-7,11-12H,8H2,1H3. The normalized spacial score (nSPS) is 26.4. The highest BCUT2D eigenvalue weighted by Crippen LogP contribution is 2.30. The molecule has 1 amide bonds. The maximum Gasteiger partial charge on any atom is 0.278 e. The number of nitrogens with zero attached hydrogens (tertiary/aromatic N) is 1. The van der Waals surface area contributed by atoms with Crippen LogP contribution >= 0.6 is 0 Å². The van der Waals surface area contributed by atoms with E-state index in [9.17, 15) is 4.79 Å². The van der Waals surface area contributed by atoms with E-state index in [0.717, 1.165) is 12.0 Å². The molecule has 1 saturated heterocycles. The highest BCUT2D eigenvalue weighted by atomic mass is 16.7. The van der Waals surface area contributed by atoms with Crippen molar-refractivity contribution in [3.05, 3.63) is 47.5 Å². The largest absolute Gasteiger partial charge is 0.278 e. The zero-order chi connectivity index (χ0) is 11.1. The topological polar surface area (TPSA) is 29.5 Å². The van der Waals surface area contributed by atoms with Gasteiger partial charge >= 0.3 is 0 Å². The van der Waals surface area contributed by atoms with Crippen molar-refractivity contribution in [2.45, 2.75) is 25.5 Å². The minimum Gasteiger partial charge on any atom is -0.267 e. The number of carbonyl (C=O) groups excluding carboxylic acids is 1. The summed E-state index contributed by atoms with van der Waals surface area (Å²) in [4.78, 5) is 17.6. The van der Waals surface area contributed by atoms with Gasteiger partial charge < -0.3 is 0 Å². The number of fused-ring (bicyclic) bond motifs is 2. The van der Waals surface area contributed by atoms with Crippen molar-refractivity contribution in [1.82, 2.24) is 5.06 Å². The van der Waals surface area contributed by atoms with Crippen LogP contribution in [0.1, 0.15) is 22.3 Å². The lowest BCUT2D eigenvalue weighted by atomic mass is 10.1. The van der Waals surface area contributed by atoms with Gasteiger partial charge in [-0.05, 0) is 19.1 Å². The number of carbonyl (C=O) groups is 1. The van der Waals surface area contributed by atoms with E-state index in [1.165, 1.54) is 5.06 Å². The third kappa shape index (κ3) is 1.44. The molecule has 3 nitrogen and oxygen atoms in total. The average Bonchev–Trinajstić information content (AvgIpc) is 2.91. The Morgan fingerprint density at radius 1 is 1.31 bits per heavy atom. The van der Waals surface area contributed by atoms with E-state index in [1.807, 2.05) is 43.3 Å². The molecule has 0 radical (unpaired) electrons. The van der Waals surface area contributed by atoms with Gasteiger partial charge in [0.05, 0.1) is 6.04 Å². The van der Waals surface area contributed by atoms with E-state index in [2.05, 4.69) is 0 Å².